The van der Waals surface area contributed by atoms with Crippen LogP contribution in [0.3, 0.4) is 0 Å². The van der Waals surface area contributed by atoms with Crippen LogP contribution in [0.2, 0.25) is 5.02 Å². The predicted octanol–water partition coefficient (Wildman–Crippen LogP) is 4.58. The SMILES string of the molecule is CCCCN1C(=O)C(=O)/C(=C(/O)c2ccc(Cl)c(OC)c2)C1c1ccccc1OC. The molecule has 1 atom stereocenters. The molecular weight excluding hydrogens is 406 g/mol. The largest absolute Gasteiger partial charge is 0.507 e. The van der Waals surface area contributed by atoms with Crippen LogP contribution >= 0.6 is 11.6 Å². The number of amides is 1. The van der Waals surface area contributed by atoms with Crippen LogP contribution in [0.15, 0.2) is 48.0 Å². The number of ketones is 1. The highest BCUT2D eigenvalue weighted by atomic mass is 35.5. The molecule has 2 aromatic rings. The van der Waals surface area contributed by atoms with Crippen LogP contribution in [0, 0.1) is 0 Å². The Balaban J connectivity index is 2.22. The van der Waals surface area contributed by atoms with E-state index in [1.165, 1.54) is 25.2 Å². The predicted molar refractivity (Wildman–Crippen MR) is 115 cm³/mol. The number of nitrogens with zero attached hydrogens (tertiary/aromatic N) is 1. The molecule has 6 nitrogen and oxygen atoms in total. The lowest BCUT2D eigenvalue weighted by atomic mass is 9.94. The van der Waals surface area contributed by atoms with Crippen molar-refractivity contribution in [3.63, 3.8) is 0 Å². The zero-order valence-corrected chi connectivity index (χ0v) is 17.9. The van der Waals surface area contributed by atoms with Crippen molar-refractivity contribution in [1.82, 2.24) is 4.90 Å². The molecule has 30 heavy (non-hydrogen) atoms. The van der Waals surface area contributed by atoms with Crippen molar-refractivity contribution in [1.29, 1.82) is 0 Å². The van der Waals surface area contributed by atoms with Crippen LogP contribution in [-0.2, 0) is 9.59 Å². The number of ether oxygens (including phenoxy) is 2. The van der Waals surface area contributed by atoms with Gasteiger partial charge in [0.15, 0.2) is 0 Å². The first-order valence-corrected chi connectivity index (χ1v) is 10.1. The molecule has 1 aliphatic heterocycles. The number of para-hydroxylation sites is 1. The van der Waals surface area contributed by atoms with Gasteiger partial charge in [-0.1, -0.05) is 43.1 Å². The maximum absolute atomic E-state index is 13.0. The second kappa shape index (κ2) is 9.22. The number of benzene rings is 2. The quantitative estimate of drug-likeness (QED) is 0.396. The van der Waals surface area contributed by atoms with Gasteiger partial charge < -0.3 is 19.5 Å². The molecule has 7 heteroatoms. The first-order valence-electron chi connectivity index (χ1n) is 9.69. The second-order valence-corrected chi connectivity index (χ2v) is 7.34. The molecule has 1 amide bonds. The first kappa shape index (κ1) is 21.7. The highest BCUT2D eigenvalue weighted by Crippen LogP contribution is 2.43. The summed E-state index contributed by atoms with van der Waals surface area (Å²) in [5, 5.41) is 11.5. The summed E-state index contributed by atoms with van der Waals surface area (Å²) in [5.74, 6) is -0.756. The van der Waals surface area contributed by atoms with Gasteiger partial charge in [0.1, 0.15) is 17.3 Å². The molecule has 0 saturated carbocycles. The summed E-state index contributed by atoms with van der Waals surface area (Å²) in [4.78, 5) is 27.4. The number of aliphatic hydroxyl groups excluding tert-OH is 1. The van der Waals surface area contributed by atoms with E-state index in [9.17, 15) is 14.7 Å². The maximum Gasteiger partial charge on any atom is 0.295 e. The average molecular weight is 430 g/mol. The van der Waals surface area contributed by atoms with Crippen LogP contribution in [0.1, 0.15) is 36.9 Å². The number of hydrogen-bond acceptors (Lipinski definition) is 5. The standard InChI is InChI=1S/C23H24ClNO5/c1-4-5-12-25-20(15-8-6-7-9-17(15)29-2)19(22(27)23(25)28)21(26)14-10-11-16(24)18(13-14)30-3/h6-11,13,20,26H,4-5,12H2,1-3H3/b21-19+. The van der Waals surface area contributed by atoms with Crippen molar-refractivity contribution < 1.29 is 24.2 Å². The Labute approximate surface area is 180 Å². The monoisotopic (exact) mass is 429 g/mol. The Morgan fingerprint density at radius 2 is 1.80 bits per heavy atom. The van der Waals surface area contributed by atoms with E-state index in [4.69, 9.17) is 21.1 Å². The van der Waals surface area contributed by atoms with Crippen molar-refractivity contribution in [3.8, 4) is 11.5 Å². The summed E-state index contributed by atoms with van der Waals surface area (Å²) in [6.45, 7) is 2.40. The van der Waals surface area contributed by atoms with E-state index in [2.05, 4.69) is 0 Å². The molecule has 1 saturated heterocycles. The van der Waals surface area contributed by atoms with Crippen molar-refractivity contribution in [2.75, 3.05) is 20.8 Å². The van der Waals surface area contributed by atoms with Crippen molar-refractivity contribution in [2.45, 2.75) is 25.8 Å². The zero-order chi connectivity index (χ0) is 21.8. The van der Waals surface area contributed by atoms with Gasteiger partial charge in [-0.25, -0.2) is 0 Å². The number of aliphatic hydroxyl groups is 1. The molecule has 0 aliphatic carbocycles. The number of carbonyl (C=O) groups excluding carboxylic acids is 2. The molecule has 3 rings (SSSR count). The summed E-state index contributed by atoms with van der Waals surface area (Å²) in [5.41, 5.74) is 0.993. The normalized spacial score (nSPS) is 18.0. The van der Waals surface area contributed by atoms with Crippen molar-refractivity contribution in [3.05, 3.63) is 64.2 Å². The van der Waals surface area contributed by atoms with Gasteiger partial charge in [0.25, 0.3) is 11.7 Å². The van der Waals surface area contributed by atoms with Gasteiger partial charge in [0.05, 0.1) is 30.9 Å². The van der Waals surface area contributed by atoms with Crippen LogP contribution in [0.25, 0.3) is 5.76 Å². The third-order valence-corrected chi connectivity index (χ3v) is 5.46. The van der Waals surface area contributed by atoms with Crippen molar-refractivity contribution >= 4 is 29.1 Å². The molecule has 0 aromatic heterocycles. The summed E-state index contributed by atoms with van der Waals surface area (Å²) < 4.78 is 10.7. The second-order valence-electron chi connectivity index (χ2n) is 6.94. The number of Topliss-reactive ketones (excluding diaryl/α,β-unsaturated/α-hetero) is 1. The molecule has 1 aliphatic rings. The van der Waals surface area contributed by atoms with E-state index in [-0.39, 0.29) is 11.3 Å². The fraction of sp³-hybridized carbons (Fsp3) is 0.304. The average Bonchev–Trinajstić information content (AvgIpc) is 3.02. The highest BCUT2D eigenvalue weighted by Gasteiger charge is 2.46. The first-order chi connectivity index (χ1) is 14.4. The van der Waals surface area contributed by atoms with Gasteiger partial charge in [-0.2, -0.15) is 0 Å². The number of methoxy groups -OCH3 is 2. The molecule has 0 bridgehead atoms. The lowest BCUT2D eigenvalue weighted by molar-refractivity contribution is -0.139. The number of carbonyl (C=O) groups is 2. The Kier molecular flexibility index (Phi) is 6.67. The highest BCUT2D eigenvalue weighted by molar-refractivity contribution is 6.46. The lowest BCUT2D eigenvalue weighted by Gasteiger charge is -2.26. The van der Waals surface area contributed by atoms with Crippen LogP contribution in [0.5, 0.6) is 11.5 Å². The Morgan fingerprint density at radius 1 is 1.10 bits per heavy atom. The third-order valence-electron chi connectivity index (χ3n) is 5.15. The summed E-state index contributed by atoms with van der Waals surface area (Å²) in [6, 6.07) is 11.1. The van der Waals surface area contributed by atoms with E-state index < -0.39 is 17.7 Å². The van der Waals surface area contributed by atoms with E-state index in [1.807, 2.05) is 19.1 Å². The number of rotatable bonds is 7. The van der Waals surface area contributed by atoms with Crippen molar-refractivity contribution in [2.24, 2.45) is 0 Å². The third kappa shape index (κ3) is 3.87. The fourth-order valence-electron chi connectivity index (χ4n) is 3.62. The molecule has 1 N–H and O–H groups in total. The van der Waals surface area contributed by atoms with Gasteiger partial charge in [0, 0.05) is 17.7 Å². The zero-order valence-electron chi connectivity index (χ0n) is 17.1. The molecule has 1 fully saturated rings. The molecular formula is C23H24ClNO5. The smallest absolute Gasteiger partial charge is 0.295 e. The van der Waals surface area contributed by atoms with Gasteiger partial charge in [0.2, 0.25) is 0 Å². The fourth-order valence-corrected chi connectivity index (χ4v) is 3.81. The van der Waals surface area contributed by atoms with Gasteiger partial charge >= 0.3 is 0 Å². The van der Waals surface area contributed by atoms with Crippen LogP contribution in [0.4, 0.5) is 0 Å². The molecule has 1 unspecified atom stereocenters. The Bertz CT molecular complexity index is 1000. The lowest BCUT2D eigenvalue weighted by Crippen LogP contribution is -2.30. The number of likely N-dealkylation sites (tertiary alicyclic amines) is 1. The van der Waals surface area contributed by atoms with E-state index in [1.54, 1.807) is 24.3 Å². The molecule has 2 aromatic carbocycles. The van der Waals surface area contributed by atoms with Gasteiger partial charge in [-0.05, 0) is 30.7 Å². The van der Waals surface area contributed by atoms with E-state index >= 15 is 0 Å². The number of halogens is 1. The topological polar surface area (TPSA) is 76.1 Å². The summed E-state index contributed by atoms with van der Waals surface area (Å²) >= 11 is 6.09. The van der Waals surface area contributed by atoms with Gasteiger partial charge in [-0.15, -0.1) is 0 Å². The molecule has 1 heterocycles. The number of hydrogen-bond donors (Lipinski definition) is 1. The molecule has 0 spiro atoms. The number of unbranched alkanes of at least 4 members (excludes halogenated alkanes) is 1. The van der Waals surface area contributed by atoms with Crippen LogP contribution in [-0.4, -0.2) is 42.5 Å². The maximum atomic E-state index is 13.0. The molecule has 0 radical (unpaired) electrons. The minimum atomic E-state index is -0.755. The van der Waals surface area contributed by atoms with E-state index in [0.717, 1.165) is 12.8 Å². The minimum absolute atomic E-state index is 0.0185. The van der Waals surface area contributed by atoms with Gasteiger partial charge in [-0.3, -0.25) is 9.59 Å². The minimum Gasteiger partial charge on any atom is -0.507 e. The summed E-state index contributed by atoms with van der Waals surface area (Å²) in [7, 11) is 2.99. The summed E-state index contributed by atoms with van der Waals surface area (Å²) in [6.07, 6.45) is 1.59. The van der Waals surface area contributed by atoms with Crippen LogP contribution < -0.4 is 9.47 Å². The van der Waals surface area contributed by atoms with E-state index in [0.29, 0.717) is 34.2 Å². The Morgan fingerprint density at radius 3 is 2.47 bits per heavy atom. The Hall–Kier alpha value is -2.99. The molecule has 158 valence electrons.